The maximum atomic E-state index is 12.5. The highest BCUT2D eigenvalue weighted by Gasteiger charge is 2.40. The summed E-state index contributed by atoms with van der Waals surface area (Å²) >= 11 is 2.25. The molecule has 4 nitrogen and oxygen atoms in total. The summed E-state index contributed by atoms with van der Waals surface area (Å²) in [6, 6.07) is 5.93. The topological polar surface area (TPSA) is 32.8 Å². The van der Waals surface area contributed by atoms with E-state index < -0.39 is 5.60 Å². The SMILES string of the molecule is CN(C)CCN1C(=O)C(C)(C)Oc2cc(I)ccc21. The van der Waals surface area contributed by atoms with Gasteiger partial charge in [-0.25, -0.2) is 0 Å². The summed E-state index contributed by atoms with van der Waals surface area (Å²) in [6.45, 7) is 5.14. The molecule has 104 valence electrons. The molecule has 0 unspecified atom stereocenters. The number of hydrogen-bond donors (Lipinski definition) is 0. The molecule has 1 aromatic rings. The van der Waals surface area contributed by atoms with Crippen LogP contribution < -0.4 is 9.64 Å². The Bertz CT molecular complexity index is 500. The zero-order chi connectivity index (χ0) is 14.2. The third-order valence-corrected chi connectivity index (χ3v) is 3.78. The number of hydrogen-bond acceptors (Lipinski definition) is 3. The van der Waals surface area contributed by atoms with Crippen LogP contribution in [0.25, 0.3) is 0 Å². The minimum absolute atomic E-state index is 0.0167. The van der Waals surface area contributed by atoms with Crippen molar-refractivity contribution in [3.8, 4) is 5.75 Å². The van der Waals surface area contributed by atoms with Gasteiger partial charge < -0.3 is 14.5 Å². The number of nitrogens with zero attached hydrogens (tertiary/aromatic N) is 2. The molecule has 0 radical (unpaired) electrons. The second-order valence-corrected chi connectivity index (χ2v) is 6.73. The number of anilines is 1. The van der Waals surface area contributed by atoms with Crippen LogP contribution in [0, 0.1) is 3.57 Å². The molecule has 0 aliphatic carbocycles. The van der Waals surface area contributed by atoms with E-state index in [9.17, 15) is 4.79 Å². The fourth-order valence-corrected chi connectivity index (χ4v) is 2.53. The van der Waals surface area contributed by atoms with Gasteiger partial charge in [0, 0.05) is 16.7 Å². The van der Waals surface area contributed by atoms with Gasteiger partial charge in [0.15, 0.2) is 5.60 Å². The van der Waals surface area contributed by atoms with Gasteiger partial charge >= 0.3 is 0 Å². The van der Waals surface area contributed by atoms with Gasteiger partial charge in [-0.2, -0.15) is 0 Å². The van der Waals surface area contributed by atoms with Crippen LogP contribution in [0.3, 0.4) is 0 Å². The fraction of sp³-hybridized carbons (Fsp3) is 0.500. The molecule has 1 heterocycles. The third-order valence-electron chi connectivity index (χ3n) is 3.11. The quantitative estimate of drug-likeness (QED) is 0.762. The molecular formula is C14H19IN2O2. The van der Waals surface area contributed by atoms with Crippen LogP contribution in [-0.4, -0.2) is 43.6 Å². The second kappa shape index (κ2) is 5.28. The smallest absolute Gasteiger partial charge is 0.270 e. The van der Waals surface area contributed by atoms with Crippen LogP contribution in [0.2, 0.25) is 0 Å². The summed E-state index contributed by atoms with van der Waals surface area (Å²) in [5.41, 5.74) is 0.0654. The largest absolute Gasteiger partial charge is 0.476 e. The highest BCUT2D eigenvalue weighted by Crippen LogP contribution is 2.38. The summed E-state index contributed by atoms with van der Waals surface area (Å²) < 4.78 is 6.95. The number of halogens is 1. The first kappa shape index (κ1) is 14.6. The summed E-state index contributed by atoms with van der Waals surface area (Å²) in [4.78, 5) is 16.4. The van der Waals surface area contributed by atoms with Gasteiger partial charge in [0.05, 0.1) is 5.69 Å². The first-order valence-corrected chi connectivity index (χ1v) is 7.34. The van der Waals surface area contributed by atoms with Crippen molar-refractivity contribution < 1.29 is 9.53 Å². The molecule has 2 rings (SSSR count). The van der Waals surface area contributed by atoms with Crippen molar-refractivity contribution in [2.45, 2.75) is 19.4 Å². The first-order chi connectivity index (χ1) is 8.81. The van der Waals surface area contributed by atoms with Crippen molar-refractivity contribution in [3.63, 3.8) is 0 Å². The molecule has 0 bridgehead atoms. The van der Waals surface area contributed by atoms with Crippen molar-refractivity contribution in [2.75, 3.05) is 32.1 Å². The van der Waals surface area contributed by atoms with E-state index in [2.05, 4.69) is 27.5 Å². The number of carbonyl (C=O) groups excluding carboxylic acids is 1. The number of benzene rings is 1. The second-order valence-electron chi connectivity index (χ2n) is 5.48. The van der Waals surface area contributed by atoms with Crippen molar-refractivity contribution in [1.29, 1.82) is 0 Å². The first-order valence-electron chi connectivity index (χ1n) is 6.26. The van der Waals surface area contributed by atoms with E-state index in [1.807, 2.05) is 51.0 Å². The number of amides is 1. The summed E-state index contributed by atoms with van der Waals surface area (Å²) in [5, 5.41) is 0. The van der Waals surface area contributed by atoms with E-state index >= 15 is 0 Å². The Kier molecular flexibility index (Phi) is 4.06. The minimum Gasteiger partial charge on any atom is -0.476 e. The average molecular weight is 374 g/mol. The van der Waals surface area contributed by atoms with Gasteiger partial charge in [-0.1, -0.05) is 0 Å². The van der Waals surface area contributed by atoms with Gasteiger partial charge in [0.25, 0.3) is 5.91 Å². The molecule has 1 aromatic carbocycles. The number of rotatable bonds is 3. The Hall–Kier alpha value is -0.820. The van der Waals surface area contributed by atoms with Gasteiger partial charge in [-0.15, -0.1) is 0 Å². The monoisotopic (exact) mass is 374 g/mol. The molecule has 0 saturated carbocycles. The van der Waals surface area contributed by atoms with Crippen molar-refractivity contribution in [2.24, 2.45) is 0 Å². The Balaban J connectivity index is 2.38. The lowest BCUT2D eigenvalue weighted by atomic mass is 10.0. The molecule has 1 aliphatic heterocycles. The molecule has 5 heteroatoms. The van der Waals surface area contributed by atoms with E-state index in [1.54, 1.807) is 0 Å². The molecule has 1 aliphatic rings. The lowest BCUT2D eigenvalue weighted by molar-refractivity contribution is -0.132. The summed E-state index contributed by atoms with van der Waals surface area (Å²) in [7, 11) is 4.01. The van der Waals surface area contributed by atoms with Gasteiger partial charge in [-0.05, 0) is 68.7 Å². The molecule has 0 fully saturated rings. The number of likely N-dealkylation sites (N-methyl/N-ethyl adjacent to an activating group) is 1. The zero-order valence-electron chi connectivity index (χ0n) is 11.7. The molecule has 0 atom stereocenters. The molecular weight excluding hydrogens is 355 g/mol. The van der Waals surface area contributed by atoms with Crippen LogP contribution in [0.5, 0.6) is 5.75 Å². The molecule has 0 saturated heterocycles. The highest BCUT2D eigenvalue weighted by molar-refractivity contribution is 14.1. The Morgan fingerprint density at radius 2 is 2.05 bits per heavy atom. The van der Waals surface area contributed by atoms with Crippen LogP contribution >= 0.6 is 22.6 Å². The molecule has 0 spiro atoms. The molecule has 0 N–H and O–H groups in total. The minimum atomic E-state index is -0.802. The summed E-state index contributed by atoms with van der Waals surface area (Å²) in [6.07, 6.45) is 0. The number of carbonyl (C=O) groups is 1. The van der Waals surface area contributed by atoms with Crippen LogP contribution in [0.15, 0.2) is 18.2 Å². The maximum Gasteiger partial charge on any atom is 0.270 e. The molecule has 0 aromatic heterocycles. The Morgan fingerprint density at radius 3 is 2.68 bits per heavy atom. The highest BCUT2D eigenvalue weighted by atomic mass is 127. The van der Waals surface area contributed by atoms with Crippen molar-refractivity contribution in [1.82, 2.24) is 4.90 Å². The maximum absolute atomic E-state index is 12.5. The van der Waals surface area contributed by atoms with Crippen molar-refractivity contribution in [3.05, 3.63) is 21.8 Å². The van der Waals surface area contributed by atoms with Crippen LogP contribution in [0.4, 0.5) is 5.69 Å². The average Bonchev–Trinajstić information content (AvgIpc) is 2.29. The zero-order valence-corrected chi connectivity index (χ0v) is 13.9. The van der Waals surface area contributed by atoms with Gasteiger partial charge in [0.2, 0.25) is 0 Å². The fourth-order valence-electron chi connectivity index (χ4n) is 2.07. The lowest BCUT2D eigenvalue weighted by Crippen LogP contribution is -2.53. The summed E-state index contributed by atoms with van der Waals surface area (Å²) in [5.74, 6) is 0.804. The normalized spacial score (nSPS) is 17.4. The van der Waals surface area contributed by atoms with Crippen LogP contribution in [0.1, 0.15) is 13.8 Å². The van der Waals surface area contributed by atoms with E-state index in [0.717, 1.165) is 21.6 Å². The predicted molar refractivity (Wildman–Crippen MR) is 84.8 cm³/mol. The standard InChI is InChI=1S/C14H19IN2O2/c1-14(2)13(18)17(8-7-16(3)4)11-6-5-10(15)9-12(11)19-14/h5-6,9H,7-8H2,1-4H3. The predicted octanol–water partition coefficient (Wildman–Crippen LogP) is 2.36. The van der Waals surface area contributed by atoms with E-state index in [1.165, 1.54) is 0 Å². The Morgan fingerprint density at radius 1 is 1.37 bits per heavy atom. The number of ether oxygens (including phenoxy) is 1. The Labute approximate surface area is 127 Å². The lowest BCUT2D eigenvalue weighted by Gasteiger charge is -2.39. The number of fused-ring (bicyclic) bond motifs is 1. The van der Waals surface area contributed by atoms with E-state index in [4.69, 9.17) is 4.74 Å². The van der Waals surface area contributed by atoms with E-state index in [-0.39, 0.29) is 5.91 Å². The van der Waals surface area contributed by atoms with Crippen LogP contribution in [-0.2, 0) is 4.79 Å². The van der Waals surface area contributed by atoms with Gasteiger partial charge in [0.1, 0.15) is 5.75 Å². The molecule has 1 amide bonds. The third kappa shape index (κ3) is 3.02. The van der Waals surface area contributed by atoms with Gasteiger partial charge in [-0.3, -0.25) is 4.79 Å². The van der Waals surface area contributed by atoms with Crippen molar-refractivity contribution >= 4 is 34.2 Å². The molecule has 19 heavy (non-hydrogen) atoms. The van der Waals surface area contributed by atoms with E-state index in [0.29, 0.717) is 6.54 Å².